The Morgan fingerprint density at radius 3 is 2.59 bits per heavy atom. The van der Waals surface area contributed by atoms with Crippen molar-refractivity contribution < 1.29 is 4.79 Å². The van der Waals surface area contributed by atoms with Gasteiger partial charge in [0.15, 0.2) is 0 Å². The van der Waals surface area contributed by atoms with E-state index in [9.17, 15) is 4.79 Å². The van der Waals surface area contributed by atoms with Crippen molar-refractivity contribution in [2.75, 3.05) is 53.4 Å². The topological polar surface area (TPSA) is 50.6 Å². The number of nitriles is 1. The fraction of sp³-hybridized carbons (Fsp3) is 0.833. The van der Waals surface area contributed by atoms with E-state index in [-0.39, 0.29) is 5.91 Å². The highest BCUT2D eigenvalue weighted by Gasteiger charge is 2.15. The van der Waals surface area contributed by atoms with E-state index in [1.54, 1.807) is 11.9 Å². The van der Waals surface area contributed by atoms with Gasteiger partial charge in [-0.2, -0.15) is 5.26 Å². The van der Waals surface area contributed by atoms with E-state index in [2.05, 4.69) is 22.9 Å². The maximum Gasteiger partial charge on any atom is 0.223 e. The van der Waals surface area contributed by atoms with Gasteiger partial charge in [0.2, 0.25) is 5.91 Å². The molecule has 1 aliphatic rings. The van der Waals surface area contributed by atoms with Crippen LogP contribution in [0, 0.1) is 11.3 Å². The van der Waals surface area contributed by atoms with Crippen molar-refractivity contribution in [3.8, 4) is 6.07 Å². The van der Waals surface area contributed by atoms with E-state index in [1.807, 2.05) is 0 Å². The summed E-state index contributed by atoms with van der Waals surface area (Å²) in [7, 11) is 3.89. The summed E-state index contributed by atoms with van der Waals surface area (Å²) in [6.45, 7) is 5.63. The molecule has 0 saturated carbocycles. The molecule has 96 valence electrons. The number of hydrogen-bond donors (Lipinski definition) is 0. The minimum absolute atomic E-state index is 0.138. The first-order chi connectivity index (χ1) is 8.13. The third-order valence-electron chi connectivity index (χ3n) is 3.22. The fourth-order valence-electron chi connectivity index (χ4n) is 1.86. The van der Waals surface area contributed by atoms with Gasteiger partial charge in [-0.05, 0) is 7.05 Å². The molecular weight excluding hydrogens is 216 g/mol. The van der Waals surface area contributed by atoms with Crippen LogP contribution in [-0.4, -0.2) is 74.0 Å². The van der Waals surface area contributed by atoms with Crippen LogP contribution in [0.2, 0.25) is 0 Å². The van der Waals surface area contributed by atoms with Crippen LogP contribution >= 0.6 is 0 Å². The van der Waals surface area contributed by atoms with Crippen molar-refractivity contribution in [3.63, 3.8) is 0 Å². The summed E-state index contributed by atoms with van der Waals surface area (Å²) in [6.07, 6.45) is 0.975. The van der Waals surface area contributed by atoms with E-state index in [1.165, 1.54) is 0 Å². The molecule has 0 atom stereocenters. The lowest BCUT2D eigenvalue weighted by Crippen LogP contribution is -2.45. The van der Waals surface area contributed by atoms with Crippen molar-refractivity contribution in [1.82, 2.24) is 14.7 Å². The van der Waals surface area contributed by atoms with Crippen LogP contribution in [0.25, 0.3) is 0 Å². The molecule has 1 rings (SSSR count). The van der Waals surface area contributed by atoms with Crippen molar-refractivity contribution in [2.24, 2.45) is 0 Å². The normalized spacial score (nSPS) is 17.7. The molecular formula is C12H22N4O. The molecule has 1 fully saturated rings. The van der Waals surface area contributed by atoms with Crippen LogP contribution in [0.4, 0.5) is 0 Å². The number of carbonyl (C=O) groups is 1. The molecule has 0 spiro atoms. The van der Waals surface area contributed by atoms with E-state index in [0.717, 1.165) is 32.7 Å². The van der Waals surface area contributed by atoms with Crippen molar-refractivity contribution >= 4 is 5.91 Å². The van der Waals surface area contributed by atoms with E-state index >= 15 is 0 Å². The minimum atomic E-state index is 0.138. The summed E-state index contributed by atoms with van der Waals surface area (Å²) in [5.41, 5.74) is 0. The predicted octanol–water partition coefficient (Wildman–Crippen LogP) is -0.00402. The van der Waals surface area contributed by atoms with Crippen LogP contribution in [0.3, 0.4) is 0 Å². The lowest BCUT2D eigenvalue weighted by atomic mass is 10.3. The molecule has 0 N–H and O–H groups in total. The van der Waals surface area contributed by atoms with Crippen LogP contribution in [0.1, 0.15) is 12.8 Å². The monoisotopic (exact) mass is 238 g/mol. The van der Waals surface area contributed by atoms with E-state index in [0.29, 0.717) is 19.4 Å². The Bertz CT molecular complexity index is 279. The molecule has 1 amide bonds. The Hall–Kier alpha value is -1.12. The van der Waals surface area contributed by atoms with Crippen molar-refractivity contribution in [1.29, 1.82) is 5.26 Å². The largest absolute Gasteiger partial charge is 0.345 e. The molecule has 1 saturated heterocycles. The lowest BCUT2D eigenvalue weighted by molar-refractivity contribution is -0.130. The Kier molecular flexibility index (Phi) is 5.95. The summed E-state index contributed by atoms with van der Waals surface area (Å²) in [5.74, 6) is 0.138. The minimum Gasteiger partial charge on any atom is -0.345 e. The molecule has 0 aromatic carbocycles. The zero-order valence-corrected chi connectivity index (χ0v) is 10.9. The first-order valence-corrected chi connectivity index (χ1v) is 6.15. The van der Waals surface area contributed by atoms with Gasteiger partial charge in [-0.1, -0.05) is 0 Å². The molecule has 17 heavy (non-hydrogen) atoms. The van der Waals surface area contributed by atoms with Gasteiger partial charge in [0.05, 0.1) is 12.5 Å². The van der Waals surface area contributed by atoms with Gasteiger partial charge in [-0.15, -0.1) is 0 Å². The molecule has 0 aromatic rings. The van der Waals surface area contributed by atoms with Gasteiger partial charge < -0.3 is 14.7 Å². The number of likely N-dealkylation sites (N-methyl/N-ethyl adjacent to an activating group) is 1. The molecule has 5 heteroatoms. The van der Waals surface area contributed by atoms with Gasteiger partial charge in [0.25, 0.3) is 0 Å². The quantitative estimate of drug-likeness (QED) is 0.676. The smallest absolute Gasteiger partial charge is 0.223 e. The molecule has 0 bridgehead atoms. The highest BCUT2D eigenvalue weighted by atomic mass is 16.2. The molecule has 0 aromatic heterocycles. The maximum absolute atomic E-state index is 11.7. The second-order valence-electron chi connectivity index (χ2n) is 4.62. The molecule has 1 heterocycles. The number of nitrogens with zero attached hydrogens (tertiary/aromatic N) is 4. The van der Waals surface area contributed by atoms with Crippen LogP contribution in [0.5, 0.6) is 0 Å². The molecule has 1 aliphatic heterocycles. The summed E-state index contributed by atoms with van der Waals surface area (Å²) >= 11 is 0. The zero-order valence-electron chi connectivity index (χ0n) is 10.9. The van der Waals surface area contributed by atoms with Gasteiger partial charge in [0.1, 0.15) is 0 Å². The van der Waals surface area contributed by atoms with Gasteiger partial charge >= 0.3 is 0 Å². The Labute approximate surface area is 104 Å². The van der Waals surface area contributed by atoms with E-state index in [4.69, 9.17) is 5.26 Å². The third-order valence-corrected chi connectivity index (χ3v) is 3.22. The number of piperazine rings is 1. The summed E-state index contributed by atoms with van der Waals surface area (Å²) in [6, 6.07) is 2.05. The Morgan fingerprint density at radius 1 is 1.35 bits per heavy atom. The molecule has 0 radical (unpaired) electrons. The first kappa shape index (κ1) is 13.9. The number of rotatable bonds is 5. The third kappa shape index (κ3) is 5.16. The van der Waals surface area contributed by atoms with Crippen LogP contribution in [0.15, 0.2) is 0 Å². The van der Waals surface area contributed by atoms with Crippen LogP contribution in [-0.2, 0) is 4.79 Å². The molecule has 0 unspecified atom stereocenters. The predicted molar refractivity (Wildman–Crippen MR) is 66.4 cm³/mol. The average molecular weight is 238 g/mol. The van der Waals surface area contributed by atoms with Crippen LogP contribution < -0.4 is 0 Å². The zero-order chi connectivity index (χ0) is 12.7. The second kappa shape index (κ2) is 7.25. The Balaban J connectivity index is 2.17. The molecule has 5 nitrogen and oxygen atoms in total. The number of hydrogen-bond acceptors (Lipinski definition) is 4. The van der Waals surface area contributed by atoms with Gasteiger partial charge in [0, 0.05) is 52.7 Å². The SMILES string of the molecule is CN1CCN(CCC(=O)N(C)CCC#N)CC1. The van der Waals surface area contributed by atoms with Crippen molar-refractivity contribution in [3.05, 3.63) is 0 Å². The fourth-order valence-corrected chi connectivity index (χ4v) is 1.86. The van der Waals surface area contributed by atoms with Gasteiger partial charge in [-0.25, -0.2) is 0 Å². The highest BCUT2D eigenvalue weighted by molar-refractivity contribution is 5.76. The summed E-state index contributed by atoms with van der Waals surface area (Å²) in [4.78, 5) is 18.0. The van der Waals surface area contributed by atoms with Gasteiger partial charge in [-0.3, -0.25) is 4.79 Å². The number of carbonyl (C=O) groups excluding carboxylic acids is 1. The second-order valence-corrected chi connectivity index (χ2v) is 4.62. The maximum atomic E-state index is 11.7. The first-order valence-electron chi connectivity index (χ1n) is 6.15. The standard InChI is InChI=1S/C12H22N4O/c1-14-8-10-16(11-9-14)7-4-12(17)15(2)6-3-5-13/h3-4,6-11H2,1-2H3. The van der Waals surface area contributed by atoms with E-state index < -0.39 is 0 Å². The Morgan fingerprint density at radius 2 is 2.00 bits per heavy atom. The average Bonchev–Trinajstić information content (AvgIpc) is 2.34. The summed E-state index contributed by atoms with van der Waals surface area (Å²) < 4.78 is 0. The lowest BCUT2D eigenvalue weighted by Gasteiger charge is -2.32. The molecule has 0 aliphatic carbocycles. The number of amides is 1. The summed E-state index contributed by atoms with van der Waals surface area (Å²) in [5, 5.41) is 8.45. The highest BCUT2D eigenvalue weighted by Crippen LogP contribution is 2.01. The van der Waals surface area contributed by atoms with Crippen molar-refractivity contribution in [2.45, 2.75) is 12.8 Å².